The lowest BCUT2D eigenvalue weighted by atomic mass is 10.2. The van der Waals surface area contributed by atoms with Gasteiger partial charge < -0.3 is 4.74 Å². The summed E-state index contributed by atoms with van der Waals surface area (Å²) in [7, 11) is 1.66. The fraction of sp³-hybridized carbons (Fsp3) is 0.167. The molecule has 1 aromatic carbocycles. The van der Waals surface area contributed by atoms with Crippen LogP contribution in [0.2, 0.25) is 0 Å². The van der Waals surface area contributed by atoms with Crippen LogP contribution in [0.25, 0.3) is 16.3 Å². The number of ether oxygens (including phenoxy) is 1. The SMILES string of the molecule is COc1ccc(-c2nc3scc(C)n3n2)cc1. The van der Waals surface area contributed by atoms with Gasteiger partial charge in [-0.05, 0) is 31.2 Å². The molecule has 0 bridgehead atoms. The number of methoxy groups -OCH3 is 1. The average molecular weight is 245 g/mol. The van der Waals surface area contributed by atoms with Crippen LogP contribution in [0.15, 0.2) is 29.6 Å². The molecule has 3 aromatic rings. The molecule has 0 aliphatic heterocycles. The van der Waals surface area contributed by atoms with Crippen molar-refractivity contribution < 1.29 is 4.74 Å². The van der Waals surface area contributed by atoms with Crippen molar-refractivity contribution in [2.45, 2.75) is 6.92 Å². The minimum absolute atomic E-state index is 0.752. The molecule has 3 rings (SSSR count). The van der Waals surface area contributed by atoms with Crippen molar-refractivity contribution in [1.82, 2.24) is 14.6 Å². The van der Waals surface area contributed by atoms with E-state index in [0.717, 1.165) is 27.8 Å². The minimum Gasteiger partial charge on any atom is -0.497 e. The minimum atomic E-state index is 0.752. The zero-order valence-corrected chi connectivity index (χ0v) is 10.4. The lowest BCUT2D eigenvalue weighted by molar-refractivity contribution is 0.415. The Labute approximate surface area is 102 Å². The van der Waals surface area contributed by atoms with Crippen LogP contribution in [0.4, 0.5) is 0 Å². The van der Waals surface area contributed by atoms with Crippen LogP contribution >= 0.6 is 11.3 Å². The monoisotopic (exact) mass is 245 g/mol. The predicted octanol–water partition coefficient (Wildman–Crippen LogP) is 2.77. The maximum atomic E-state index is 5.12. The molecule has 0 aliphatic carbocycles. The third kappa shape index (κ3) is 1.68. The molecule has 0 saturated heterocycles. The van der Waals surface area contributed by atoms with E-state index in [1.807, 2.05) is 41.1 Å². The summed E-state index contributed by atoms with van der Waals surface area (Å²) in [5.74, 6) is 1.59. The largest absolute Gasteiger partial charge is 0.497 e. The van der Waals surface area contributed by atoms with E-state index >= 15 is 0 Å². The summed E-state index contributed by atoms with van der Waals surface area (Å²) < 4.78 is 6.99. The van der Waals surface area contributed by atoms with E-state index in [4.69, 9.17) is 4.74 Å². The van der Waals surface area contributed by atoms with Crippen LogP contribution < -0.4 is 4.74 Å². The maximum Gasteiger partial charge on any atom is 0.212 e. The van der Waals surface area contributed by atoms with Gasteiger partial charge in [-0.3, -0.25) is 0 Å². The van der Waals surface area contributed by atoms with E-state index in [1.54, 1.807) is 18.4 Å². The second-order valence-corrected chi connectivity index (χ2v) is 4.57. The maximum absolute atomic E-state index is 5.12. The summed E-state index contributed by atoms with van der Waals surface area (Å²) in [5.41, 5.74) is 2.11. The summed E-state index contributed by atoms with van der Waals surface area (Å²) >= 11 is 1.60. The van der Waals surface area contributed by atoms with Crippen molar-refractivity contribution in [3.05, 3.63) is 35.3 Å². The molecule has 0 atom stereocenters. The lowest BCUT2D eigenvalue weighted by Crippen LogP contribution is -1.87. The van der Waals surface area contributed by atoms with E-state index in [2.05, 4.69) is 10.1 Å². The predicted molar refractivity (Wildman–Crippen MR) is 67.6 cm³/mol. The summed E-state index contributed by atoms with van der Waals surface area (Å²) in [6, 6.07) is 7.76. The molecule has 2 heterocycles. The van der Waals surface area contributed by atoms with Crippen molar-refractivity contribution in [2.75, 3.05) is 7.11 Å². The fourth-order valence-electron chi connectivity index (χ4n) is 1.65. The fourth-order valence-corrected chi connectivity index (χ4v) is 2.45. The first-order valence-electron chi connectivity index (χ1n) is 5.23. The van der Waals surface area contributed by atoms with Crippen molar-refractivity contribution in [3.63, 3.8) is 0 Å². The molecule has 0 N–H and O–H groups in total. The summed E-state index contributed by atoms with van der Waals surface area (Å²) in [6.07, 6.45) is 0. The normalized spacial score (nSPS) is 10.9. The highest BCUT2D eigenvalue weighted by atomic mass is 32.1. The summed E-state index contributed by atoms with van der Waals surface area (Å²) in [6.45, 7) is 2.02. The van der Waals surface area contributed by atoms with Crippen LogP contribution in [-0.4, -0.2) is 21.7 Å². The molecule has 5 heteroatoms. The number of thiazole rings is 1. The van der Waals surface area contributed by atoms with Crippen LogP contribution in [-0.2, 0) is 0 Å². The Kier molecular flexibility index (Phi) is 2.33. The topological polar surface area (TPSA) is 39.4 Å². The van der Waals surface area contributed by atoms with E-state index < -0.39 is 0 Å². The Morgan fingerprint density at radius 1 is 1.24 bits per heavy atom. The van der Waals surface area contributed by atoms with E-state index in [-0.39, 0.29) is 0 Å². The average Bonchev–Trinajstić information content (AvgIpc) is 2.92. The van der Waals surface area contributed by atoms with Gasteiger partial charge in [0.05, 0.1) is 12.8 Å². The lowest BCUT2D eigenvalue weighted by Gasteiger charge is -1.99. The number of fused-ring (bicyclic) bond motifs is 1. The van der Waals surface area contributed by atoms with Crippen molar-refractivity contribution >= 4 is 16.3 Å². The highest BCUT2D eigenvalue weighted by molar-refractivity contribution is 7.15. The first kappa shape index (κ1) is 10.3. The van der Waals surface area contributed by atoms with Gasteiger partial charge in [0, 0.05) is 10.9 Å². The second-order valence-electron chi connectivity index (χ2n) is 3.74. The van der Waals surface area contributed by atoms with Gasteiger partial charge in [-0.15, -0.1) is 16.4 Å². The Hall–Kier alpha value is -1.88. The van der Waals surface area contributed by atoms with E-state index in [9.17, 15) is 0 Å². The quantitative estimate of drug-likeness (QED) is 0.697. The molecule has 0 spiro atoms. The molecule has 0 radical (unpaired) electrons. The van der Waals surface area contributed by atoms with Crippen molar-refractivity contribution in [1.29, 1.82) is 0 Å². The number of hydrogen-bond acceptors (Lipinski definition) is 4. The molecule has 0 amide bonds. The molecule has 4 nitrogen and oxygen atoms in total. The Balaban J connectivity index is 2.07. The third-order valence-corrected chi connectivity index (χ3v) is 3.53. The second kappa shape index (κ2) is 3.85. The van der Waals surface area contributed by atoms with Gasteiger partial charge in [0.1, 0.15) is 5.75 Å². The first-order valence-corrected chi connectivity index (χ1v) is 6.11. The van der Waals surface area contributed by atoms with Gasteiger partial charge in [0.2, 0.25) is 4.96 Å². The first-order chi connectivity index (χ1) is 8.28. The molecule has 17 heavy (non-hydrogen) atoms. The smallest absolute Gasteiger partial charge is 0.212 e. The zero-order chi connectivity index (χ0) is 11.8. The number of nitrogens with zero attached hydrogens (tertiary/aromatic N) is 3. The van der Waals surface area contributed by atoms with Crippen LogP contribution in [0.3, 0.4) is 0 Å². The van der Waals surface area contributed by atoms with Crippen LogP contribution in [0, 0.1) is 6.92 Å². The zero-order valence-electron chi connectivity index (χ0n) is 9.54. The molecular formula is C12H11N3OS. The summed E-state index contributed by atoms with van der Waals surface area (Å²) in [5, 5.41) is 6.52. The van der Waals surface area contributed by atoms with Crippen LogP contribution in [0.1, 0.15) is 5.69 Å². The van der Waals surface area contributed by atoms with Gasteiger partial charge >= 0.3 is 0 Å². The molecule has 0 aliphatic rings. The number of hydrogen-bond donors (Lipinski definition) is 0. The Morgan fingerprint density at radius 2 is 2.00 bits per heavy atom. The van der Waals surface area contributed by atoms with E-state index in [0.29, 0.717) is 0 Å². The molecule has 86 valence electrons. The molecule has 0 fully saturated rings. The number of aromatic nitrogens is 3. The molecule has 2 aromatic heterocycles. The Bertz CT molecular complexity index is 654. The standard InChI is InChI=1S/C12H11N3OS/c1-8-7-17-12-13-11(14-15(8)12)9-3-5-10(16-2)6-4-9/h3-7H,1-2H3. The van der Waals surface area contributed by atoms with Gasteiger partial charge in [0.15, 0.2) is 5.82 Å². The van der Waals surface area contributed by atoms with Crippen molar-refractivity contribution in [2.24, 2.45) is 0 Å². The molecule has 0 saturated carbocycles. The van der Waals surface area contributed by atoms with Crippen LogP contribution in [0.5, 0.6) is 5.75 Å². The van der Waals surface area contributed by atoms with E-state index in [1.165, 1.54) is 0 Å². The van der Waals surface area contributed by atoms with Gasteiger partial charge in [-0.2, -0.15) is 4.98 Å². The van der Waals surface area contributed by atoms with Gasteiger partial charge in [-0.1, -0.05) is 0 Å². The van der Waals surface area contributed by atoms with Crippen molar-refractivity contribution in [3.8, 4) is 17.1 Å². The third-order valence-electron chi connectivity index (χ3n) is 2.59. The molecule has 0 unspecified atom stereocenters. The summed E-state index contributed by atoms with van der Waals surface area (Å²) in [4.78, 5) is 5.41. The van der Waals surface area contributed by atoms with Gasteiger partial charge in [-0.25, -0.2) is 4.52 Å². The number of aryl methyl sites for hydroxylation is 1. The highest BCUT2D eigenvalue weighted by Gasteiger charge is 2.09. The highest BCUT2D eigenvalue weighted by Crippen LogP contribution is 2.22. The number of rotatable bonds is 2. The Morgan fingerprint density at radius 3 is 2.65 bits per heavy atom. The van der Waals surface area contributed by atoms with Gasteiger partial charge in [0.25, 0.3) is 0 Å². The molecular weight excluding hydrogens is 234 g/mol. The number of benzene rings is 1.